The maximum absolute atomic E-state index is 12.2. The van der Waals surface area contributed by atoms with Gasteiger partial charge in [0.1, 0.15) is 16.8 Å². The minimum Gasteiger partial charge on any atom is -0.427 e. The number of aromatic nitrogens is 2. The molecule has 0 spiro atoms. The Morgan fingerprint density at radius 1 is 1.28 bits per heavy atom. The molecule has 0 aliphatic rings. The van der Waals surface area contributed by atoms with E-state index in [4.69, 9.17) is 14.2 Å². The quantitative estimate of drug-likeness (QED) is 0.415. The van der Waals surface area contributed by atoms with Gasteiger partial charge in [-0.25, -0.2) is 9.59 Å². The average Bonchev–Trinajstić information content (AvgIpc) is 2.85. The maximum atomic E-state index is 12.2. The van der Waals surface area contributed by atoms with E-state index in [2.05, 4.69) is 9.40 Å². The third-order valence-electron chi connectivity index (χ3n) is 3.76. The number of rotatable bonds is 5. The Morgan fingerprint density at radius 2 is 2.00 bits per heavy atom. The molecule has 0 aliphatic heterocycles. The van der Waals surface area contributed by atoms with Gasteiger partial charge in [-0.3, -0.25) is 9.78 Å². The molecule has 0 bridgehead atoms. The number of fused-ring (bicyclic) bond motifs is 3. The summed E-state index contributed by atoms with van der Waals surface area (Å²) in [7, 11) is 2.97. The lowest BCUT2D eigenvalue weighted by Crippen LogP contribution is -2.22. The summed E-state index contributed by atoms with van der Waals surface area (Å²) in [4.78, 5) is 37.5. The fraction of sp³-hybridized carbons (Fsp3) is 0.312. The van der Waals surface area contributed by atoms with Crippen LogP contribution in [0, 0.1) is 0 Å². The third kappa shape index (κ3) is 3.06. The molecule has 0 saturated heterocycles. The van der Waals surface area contributed by atoms with Crippen molar-refractivity contribution in [3.63, 3.8) is 0 Å². The normalized spacial score (nSPS) is 11.5. The summed E-state index contributed by atoms with van der Waals surface area (Å²) >= 11 is 0. The zero-order valence-electron chi connectivity index (χ0n) is 13.8. The maximum Gasteiger partial charge on any atom is 0.420 e. The van der Waals surface area contributed by atoms with E-state index in [1.54, 1.807) is 22.8 Å². The van der Waals surface area contributed by atoms with Gasteiger partial charge in [0.25, 0.3) is 0 Å². The minimum absolute atomic E-state index is 0.176. The van der Waals surface area contributed by atoms with Crippen molar-refractivity contribution in [3.8, 4) is 5.75 Å². The smallest absolute Gasteiger partial charge is 0.420 e. The van der Waals surface area contributed by atoms with Crippen LogP contribution in [0.15, 0.2) is 32.2 Å². The highest BCUT2D eigenvalue weighted by atomic mass is 16.7. The second kappa shape index (κ2) is 6.54. The van der Waals surface area contributed by atoms with Crippen molar-refractivity contribution in [2.75, 3.05) is 14.2 Å². The van der Waals surface area contributed by atoms with E-state index >= 15 is 0 Å². The first-order valence-electron chi connectivity index (χ1n) is 7.38. The van der Waals surface area contributed by atoms with Crippen LogP contribution in [0.4, 0.5) is 0 Å². The van der Waals surface area contributed by atoms with E-state index in [0.717, 1.165) is 0 Å². The number of aromatic amines is 1. The molecule has 0 amide bonds. The number of hydrogen-bond donors (Lipinski definition) is 1. The summed E-state index contributed by atoms with van der Waals surface area (Å²) in [6.45, 7) is 1.50. The van der Waals surface area contributed by atoms with Gasteiger partial charge in [0, 0.05) is 26.5 Å². The largest absolute Gasteiger partial charge is 0.427 e. The Morgan fingerprint density at radius 3 is 2.64 bits per heavy atom. The highest BCUT2D eigenvalue weighted by Crippen LogP contribution is 2.29. The Labute approximate surface area is 140 Å². The second-order valence-electron chi connectivity index (χ2n) is 5.31. The lowest BCUT2D eigenvalue weighted by Gasteiger charge is -2.15. The van der Waals surface area contributed by atoms with Crippen LogP contribution < -0.4 is 16.1 Å². The average molecular weight is 348 g/mol. The van der Waals surface area contributed by atoms with Gasteiger partial charge in [-0.1, -0.05) is 0 Å². The molecule has 0 atom stereocenters. The first-order valence-corrected chi connectivity index (χ1v) is 7.38. The van der Waals surface area contributed by atoms with Crippen LogP contribution in [0.1, 0.15) is 6.92 Å². The summed E-state index contributed by atoms with van der Waals surface area (Å²) in [5.74, 6) is -1.07. The Hall–Kier alpha value is -2.91. The van der Waals surface area contributed by atoms with Crippen LogP contribution in [0.25, 0.3) is 21.9 Å². The summed E-state index contributed by atoms with van der Waals surface area (Å²) in [6, 6.07) is 4.81. The van der Waals surface area contributed by atoms with Crippen LogP contribution in [-0.4, -0.2) is 36.0 Å². The summed E-state index contributed by atoms with van der Waals surface area (Å²) in [5, 5.41) is 0.652. The zero-order chi connectivity index (χ0) is 18.1. The zero-order valence-corrected chi connectivity index (χ0v) is 13.8. The van der Waals surface area contributed by atoms with Crippen LogP contribution in [-0.2, 0) is 20.8 Å². The van der Waals surface area contributed by atoms with Gasteiger partial charge in [-0.05, 0) is 18.2 Å². The lowest BCUT2D eigenvalue weighted by atomic mass is 10.2. The number of H-pyrrole nitrogens is 1. The molecule has 2 aromatic heterocycles. The third-order valence-corrected chi connectivity index (χ3v) is 3.76. The fourth-order valence-electron chi connectivity index (χ4n) is 2.74. The number of carbonyl (C=O) groups excluding carboxylic acids is 1. The number of nitrogens with one attached hydrogen (secondary N) is 1. The van der Waals surface area contributed by atoms with E-state index in [1.165, 1.54) is 21.1 Å². The predicted octanol–water partition coefficient (Wildman–Crippen LogP) is 0.980. The molecule has 0 saturated carbocycles. The number of methoxy groups -OCH3 is 2. The van der Waals surface area contributed by atoms with Gasteiger partial charge in [0.2, 0.25) is 0 Å². The Kier molecular flexibility index (Phi) is 4.43. The highest BCUT2D eigenvalue weighted by molar-refractivity contribution is 6.06. The molecule has 0 aliphatic carbocycles. The Bertz CT molecular complexity index is 1060. The molecule has 9 nitrogen and oxygen atoms in total. The molecule has 25 heavy (non-hydrogen) atoms. The van der Waals surface area contributed by atoms with Gasteiger partial charge >= 0.3 is 17.4 Å². The SMILES string of the molecule is COC(Cn1c2ccc(OC(C)=O)cc2c2c(=O)oc(=O)[nH]c21)OC. The molecule has 132 valence electrons. The van der Waals surface area contributed by atoms with Crippen molar-refractivity contribution in [1.29, 1.82) is 0 Å². The standard InChI is InChI=1S/C16H16N2O7/c1-8(19)24-9-4-5-11-10(6-9)13-14(17-16(21)25-15(13)20)18(11)7-12(22-2)23-3/h4-6,12H,7H2,1-3H3,(H,17,21). The molecule has 3 aromatic rings. The van der Waals surface area contributed by atoms with Crippen LogP contribution in [0.2, 0.25) is 0 Å². The van der Waals surface area contributed by atoms with Crippen LogP contribution >= 0.6 is 0 Å². The van der Waals surface area contributed by atoms with E-state index < -0.39 is 23.6 Å². The van der Waals surface area contributed by atoms with Gasteiger partial charge in [0.15, 0.2) is 6.29 Å². The second-order valence-corrected chi connectivity index (χ2v) is 5.31. The van der Waals surface area contributed by atoms with Gasteiger partial charge < -0.3 is 23.2 Å². The van der Waals surface area contributed by atoms with E-state index in [-0.39, 0.29) is 23.3 Å². The first kappa shape index (κ1) is 16.9. The highest BCUT2D eigenvalue weighted by Gasteiger charge is 2.19. The number of nitrogens with zero attached hydrogens (tertiary/aromatic N) is 1. The fourth-order valence-corrected chi connectivity index (χ4v) is 2.74. The van der Waals surface area contributed by atoms with Crippen molar-refractivity contribution in [3.05, 3.63) is 39.2 Å². The molecule has 9 heteroatoms. The summed E-state index contributed by atoms with van der Waals surface area (Å²) in [6.07, 6.45) is -0.595. The molecule has 0 fully saturated rings. The molecule has 1 N–H and O–H groups in total. The van der Waals surface area contributed by atoms with E-state index in [1.807, 2.05) is 0 Å². The molecule has 1 aromatic carbocycles. The number of ether oxygens (including phenoxy) is 3. The molecule has 0 radical (unpaired) electrons. The van der Waals surface area contributed by atoms with Crippen LogP contribution in [0.5, 0.6) is 5.75 Å². The Balaban J connectivity index is 2.33. The molecule has 2 heterocycles. The molecular weight excluding hydrogens is 332 g/mol. The summed E-state index contributed by atoms with van der Waals surface area (Å²) < 4.78 is 21.8. The number of esters is 1. The number of hydrogen-bond acceptors (Lipinski definition) is 7. The van der Waals surface area contributed by atoms with Gasteiger partial charge in [-0.2, -0.15) is 0 Å². The van der Waals surface area contributed by atoms with Crippen molar-refractivity contribution < 1.29 is 23.4 Å². The van der Waals surface area contributed by atoms with Gasteiger partial charge in [-0.15, -0.1) is 0 Å². The van der Waals surface area contributed by atoms with Gasteiger partial charge in [0.05, 0.1) is 12.1 Å². The van der Waals surface area contributed by atoms with E-state index in [0.29, 0.717) is 10.9 Å². The molecular formula is C16H16N2O7. The van der Waals surface area contributed by atoms with Crippen LogP contribution in [0.3, 0.4) is 0 Å². The monoisotopic (exact) mass is 348 g/mol. The minimum atomic E-state index is -0.867. The first-order chi connectivity index (χ1) is 11.9. The topological polar surface area (TPSA) is 113 Å². The van der Waals surface area contributed by atoms with Crippen molar-refractivity contribution in [1.82, 2.24) is 9.55 Å². The lowest BCUT2D eigenvalue weighted by molar-refractivity contribution is -0.131. The molecule has 0 unspecified atom stereocenters. The van der Waals surface area contributed by atoms with Crippen molar-refractivity contribution in [2.45, 2.75) is 19.8 Å². The number of benzene rings is 1. The molecule has 3 rings (SSSR count). The van der Waals surface area contributed by atoms with Crippen molar-refractivity contribution in [2.24, 2.45) is 0 Å². The number of carbonyl (C=O) groups is 1. The van der Waals surface area contributed by atoms with E-state index in [9.17, 15) is 14.4 Å². The predicted molar refractivity (Wildman–Crippen MR) is 87.7 cm³/mol. The van der Waals surface area contributed by atoms with Crippen molar-refractivity contribution >= 4 is 27.9 Å². The summed E-state index contributed by atoms with van der Waals surface area (Å²) in [5.41, 5.74) is 0.114.